The second-order valence-electron chi connectivity index (χ2n) is 16.9. The number of carbonyl (C=O) groups is 11. The van der Waals surface area contributed by atoms with Crippen LogP contribution < -0.4 is 65.1 Å². The van der Waals surface area contributed by atoms with Crippen molar-refractivity contribution < 1.29 is 68.1 Å². The van der Waals surface area contributed by atoms with Crippen LogP contribution in [0.4, 0.5) is 0 Å². The molecule has 0 aliphatic heterocycles. The van der Waals surface area contributed by atoms with Crippen LogP contribution in [0.5, 0.6) is 0 Å². The number of carboxylic acids is 2. The van der Waals surface area contributed by atoms with E-state index in [2.05, 4.69) is 78.1 Å². The van der Waals surface area contributed by atoms with E-state index in [0.717, 1.165) is 0 Å². The van der Waals surface area contributed by atoms with E-state index in [1.165, 1.54) is 20.8 Å². The molecule has 0 aliphatic carbocycles. The van der Waals surface area contributed by atoms with E-state index in [4.69, 9.17) is 17.2 Å². The summed E-state index contributed by atoms with van der Waals surface area (Å²) in [6.45, 7) is 9.70. The lowest BCUT2D eigenvalue weighted by Crippen LogP contribution is -2.61. The van der Waals surface area contributed by atoms with Gasteiger partial charge < -0.3 is 80.4 Å². The summed E-state index contributed by atoms with van der Waals surface area (Å²) in [7, 11) is 0. The number of aliphatic hydroxyl groups is 1. The van der Waals surface area contributed by atoms with Gasteiger partial charge in [0.2, 0.25) is 53.2 Å². The van der Waals surface area contributed by atoms with E-state index in [1.807, 2.05) is 0 Å². The molecular formula is C40H71N13O14S2. The number of aliphatic hydroxyl groups excluding tert-OH is 1. The summed E-state index contributed by atoms with van der Waals surface area (Å²) >= 11 is 7.87. The van der Waals surface area contributed by atoms with Gasteiger partial charge in [-0.05, 0) is 58.3 Å². The van der Waals surface area contributed by atoms with Gasteiger partial charge >= 0.3 is 11.9 Å². The number of thiol groups is 2. The van der Waals surface area contributed by atoms with E-state index in [1.54, 1.807) is 27.7 Å². The molecule has 0 unspecified atom stereocenters. The summed E-state index contributed by atoms with van der Waals surface area (Å²) in [5.74, 6) is -12.2. The predicted octanol–water partition coefficient (Wildman–Crippen LogP) is -5.71. The molecule has 29 heteroatoms. The highest BCUT2D eigenvalue weighted by atomic mass is 32.1. The number of aliphatic carboxylic acids is 2. The Morgan fingerprint density at radius 2 is 0.855 bits per heavy atom. The molecule has 392 valence electrons. The summed E-state index contributed by atoms with van der Waals surface area (Å²) in [6.07, 6.45) is -0.765. The van der Waals surface area contributed by atoms with E-state index in [9.17, 15) is 68.1 Å². The molecule has 10 atom stereocenters. The number of nitrogens with zero attached hydrogens (tertiary/aromatic N) is 1. The van der Waals surface area contributed by atoms with Crippen LogP contribution in [0.1, 0.15) is 80.6 Å². The van der Waals surface area contributed by atoms with Crippen molar-refractivity contribution in [2.75, 3.05) is 24.7 Å². The summed E-state index contributed by atoms with van der Waals surface area (Å²) in [6, 6.07) is -13.9. The Balaban J connectivity index is 6.00. The van der Waals surface area contributed by atoms with Gasteiger partial charge in [-0.15, -0.1) is 0 Å². The molecule has 0 aromatic carbocycles. The van der Waals surface area contributed by atoms with Crippen molar-refractivity contribution in [3.05, 3.63) is 0 Å². The van der Waals surface area contributed by atoms with Crippen LogP contribution in [-0.2, 0) is 52.7 Å². The van der Waals surface area contributed by atoms with Crippen LogP contribution >= 0.6 is 25.3 Å². The number of aliphatic imine (C=N–C) groups is 1. The molecule has 0 aromatic heterocycles. The normalized spacial score (nSPS) is 15.4. The lowest BCUT2D eigenvalue weighted by Gasteiger charge is -2.27. The first-order chi connectivity index (χ1) is 32.1. The van der Waals surface area contributed by atoms with Gasteiger partial charge in [-0.1, -0.05) is 27.7 Å². The zero-order valence-electron chi connectivity index (χ0n) is 39.7. The maximum atomic E-state index is 13.6. The monoisotopic (exact) mass is 1020 g/mol. The molecule has 0 bridgehead atoms. The molecule has 0 spiro atoms. The van der Waals surface area contributed by atoms with Crippen molar-refractivity contribution in [2.24, 2.45) is 34.0 Å². The molecule has 0 aromatic rings. The molecule has 0 radical (unpaired) electrons. The Morgan fingerprint density at radius 1 is 0.493 bits per heavy atom. The van der Waals surface area contributed by atoms with Crippen LogP contribution in [0, 0.1) is 11.8 Å². The molecule has 69 heavy (non-hydrogen) atoms. The lowest BCUT2D eigenvalue weighted by atomic mass is 10.0. The summed E-state index contributed by atoms with van der Waals surface area (Å²) in [4.78, 5) is 145. The standard InChI is InChI=1S/C40H71N13O14S2/c1-17(2)11-24(35(62)46-21(7)32(59)53-28(16-69)39(66)67)49-31(58)20(6)47-38(65)27(14-54)52-37(64)26(13-29(55)56)51-36(63)25(12-18(3)4)50-30(57)19(5)45-34(61)23(9-8-10-44-40(42)43)48-33(60)22(41)15-68/h17-28,54,68-69H,8-16,41H2,1-7H3,(H,45,61)(H,46,62)(H,47,65)(H,48,60)(H,49,58)(H,50,57)(H,51,63)(H,52,64)(H,53,59)(H,55,56)(H,66,67)(H4,42,43,44)/t19-,20-,21-,22-,23-,24-,25-,26-,27-,28-/m0/s1. The molecule has 18 N–H and O–H groups in total. The number of nitrogens with two attached hydrogens (primary N) is 3. The van der Waals surface area contributed by atoms with E-state index in [-0.39, 0.29) is 61.5 Å². The van der Waals surface area contributed by atoms with Crippen molar-refractivity contribution >= 4 is 96.3 Å². The predicted molar refractivity (Wildman–Crippen MR) is 256 cm³/mol. The Hall–Kier alpha value is -5.94. The van der Waals surface area contributed by atoms with Gasteiger partial charge in [0.1, 0.15) is 54.4 Å². The highest BCUT2D eigenvalue weighted by molar-refractivity contribution is 7.80. The van der Waals surface area contributed by atoms with Gasteiger partial charge in [0.25, 0.3) is 0 Å². The fraction of sp³-hybridized carbons (Fsp3) is 0.700. The molecule has 0 saturated carbocycles. The third-order valence-corrected chi connectivity index (χ3v) is 10.4. The first kappa shape index (κ1) is 63.1. The average Bonchev–Trinajstić information content (AvgIpc) is 3.25. The van der Waals surface area contributed by atoms with Gasteiger partial charge in [0.05, 0.1) is 19.1 Å². The number of guanidine groups is 1. The summed E-state index contributed by atoms with van der Waals surface area (Å²) in [5, 5.41) is 50.0. The maximum absolute atomic E-state index is 13.6. The van der Waals surface area contributed by atoms with Crippen LogP contribution in [0.2, 0.25) is 0 Å². The minimum absolute atomic E-state index is 0.0289. The smallest absolute Gasteiger partial charge is 0.327 e. The van der Waals surface area contributed by atoms with Gasteiger partial charge in [0, 0.05) is 18.1 Å². The molecule has 0 fully saturated rings. The Morgan fingerprint density at radius 3 is 1.23 bits per heavy atom. The van der Waals surface area contributed by atoms with Gasteiger partial charge in [-0.25, -0.2) is 4.79 Å². The second-order valence-corrected chi connectivity index (χ2v) is 17.6. The molecule has 0 saturated heterocycles. The SMILES string of the molecule is CC(C)C[C@H](NC(=O)[C@H](C)NC(=O)[C@H](CO)NC(=O)[C@H](CC(=O)O)NC(=O)[C@H](CC(C)C)NC(=O)[C@H](C)NC(=O)[C@H](CCCN=C(N)N)NC(=O)[C@@H](N)CS)C(=O)N[C@@H](C)C(=O)N[C@@H](CS)C(=O)O. The minimum Gasteiger partial charge on any atom is -0.481 e. The number of carboxylic acid groups (broad SMARTS) is 2. The maximum Gasteiger partial charge on any atom is 0.327 e. The zero-order valence-corrected chi connectivity index (χ0v) is 41.5. The van der Waals surface area contributed by atoms with Crippen molar-refractivity contribution in [2.45, 2.75) is 141 Å². The Kier molecular flexibility index (Phi) is 29.2. The molecular weight excluding hydrogens is 951 g/mol. The number of carbonyl (C=O) groups excluding carboxylic acids is 9. The zero-order chi connectivity index (χ0) is 53.3. The number of hydrogen-bond donors (Lipinski definition) is 17. The van der Waals surface area contributed by atoms with Crippen LogP contribution in [-0.4, -0.2) is 171 Å². The molecule has 9 amide bonds. The van der Waals surface area contributed by atoms with Gasteiger partial charge in [-0.2, -0.15) is 25.3 Å². The van der Waals surface area contributed by atoms with Crippen LogP contribution in [0.25, 0.3) is 0 Å². The third-order valence-electron chi connectivity index (χ3n) is 9.67. The lowest BCUT2D eigenvalue weighted by molar-refractivity contribution is -0.142. The number of rotatable bonds is 32. The number of hydrogen-bond acceptors (Lipinski definition) is 16. The Labute approximate surface area is 410 Å². The third kappa shape index (κ3) is 24.8. The van der Waals surface area contributed by atoms with Crippen molar-refractivity contribution in [1.29, 1.82) is 0 Å². The quantitative estimate of drug-likeness (QED) is 0.0129. The van der Waals surface area contributed by atoms with E-state index >= 15 is 0 Å². The Bertz CT molecular complexity index is 1840. The van der Waals surface area contributed by atoms with E-state index in [0.29, 0.717) is 0 Å². The van der Waals surface area contributed by atoms with Gasteiger partial charge in [-0.3, -0.25) is 52.9 Å². The molecule has 27 nitrogen and oxygen atoms in total. The van der Waals surface area contributed by atoms with Crippen molar-refractivity contribution in [3.8, 4) is 0 Å². The molecule has 0 aliphatic rings. The van der Waals surface area contributed by atoms with Gasteiger partial charge in [0.15, 0.2) is 5.96 Å². The van der Waals surface area contributed by atoms with E-state index < -0.39 is 139 Å². The minimum atomic E-state index is -1.89. The van der Waals surface area contributed by atoms with Crippen molar-refractivity contribution in [1.82, 2.24) is 47.9 Å². The second kappa shape index (κ2) is 32.0. The number of nitrogens with one attached hydrogen (secondary N) is 9. The van der Waals surface area contributed by atoms with Crippen LogP contribution in [0.3, 0.4) is 0 Å². The topological polar surface area (TPSA) is 447 Å². The fourth-order valence-corrected chi connectivity index (χ4v) is 6.29. The first-order valence-electron chi connectivity index (χ1n) is 21.9. The average molecular weight is 1020 g/mol. The highest BCUT2D eigenvalue weighted by Gasteiger charge is 2.34. The molecule has 0 rings (SSSR count). The largest absolute Gasteiger partial charge is 0.481 e. The first-order valence-corrected chi connectivity index (χ1v) is 23.2. The summed E-state index contributed by atoms with van der Waals surface area (Å²) < 4.78 is 0. The molecule has 0 heterocycles. The fourth-order valence-electron chi connectivity index (χ4n) is 5.88. The van der Waals surface area contributed by atoms with Crippen molar-refractivity contribution in [3.63, 3.8) is 0 Å². The highest BCUT2D eigenvalue weighted by Crippen LogP contribution is 2.09. The van der Waals surface area contributed by atoms with Crippen LogP contribution in [0.15, 0.2) is 4.99 Å². The summed E-state index contributed by atoms with van der Waals surface area (Å²) in [5.41, 5.74) is 16.4. The number of amides is 9.